The minimum Gasteiger partial charge on any atom is -0.383 e. The molecule has 6 nitrogen and oxygen atoms in total. The van der Waals surface area contributed by atoms with E-state index in [1.54, 1.807) is 19.2 Å². The molecule has 2 aromatic rings. The maximum atomic E-state index is 13.8. The topological polar surface area (TPSA) is 63.5 Å². The second-order valence-corrected chi connectivity index (χ2v) is 6.01. The average Bonchev–Trinajstić information content (AvgIpc) is 2.90. The number of methoxy groups -OCH3 is 1. The minimum atomic E-state index is -0.238. The van der Waals surface area contributed by atoms with E-state index in [0.717, 1.165) is 30.0 Å². The molecule has 0 amide bonds. The molecule has 2 rings (SSSR count). The second kappa shape index (κ2) is 9.91. The summed E-state index contributed by atoms with van der Waals surface area (Å²) in [5, 5.41) is 11.1. The van der Waals surface area contributed by atoms with Gasteiger partial charge in [-0.2, -0.15) is 5.10 Å². The standard InChI is InChI=1S/C19H28FN5O/c1-5-21-19(22-12-16-8-6-7-9-18(16)20)23-13-17-14(2)24-25(15(17)3)10-11-26-4/h6-9H,5,10-13H2,1-4H3,(H2,21,22,23). The number of aryl methyl sites for hydroxylation is 1. The number of hydrogen-bond acceptors (Lipinski definition) is 3. The van der Waals surface area contributed by atoms with Gasteiger partial charge in [-0.25, -0.2) is 9.38 Å². The molecule has 0 unspecified atom stereocenters. The number of nitrogens with zero attached hydrogens (tertiary/aromatic N) is 3. The van der Waals surface area contributed by atoms with E-state index < -0.39 is 0 Å². The maximum absolute atomic E-state index is 13.8. The SMILES string of the molecule is CCNC(=NCc1ccccc1F)NCc1c(C)nn(CCOC)c1C. The molecule has 0 bridgehead atoms. The third-order valence-electron chi connectivity index (χ3n) is 4.18. The molecule has 2 N–H and O–H groups in total. The van der Waals surface area contributed by atoms with E-state index in [2.05, 4.69) is 27.6 Å². The summed E-state index contributed by atoms with van der Waals surface area (Å²) in [6, 6.07) is 6.69. The van der Waals surface area contributed by atoms with Crippen molar-refractivity contribution >= 4 is 5.96 Å². The summed E-state index contributed by atoms with van der Waals surface area (Å²) < 4.78 is 20.8. The molecule has 26 heavy (non-hydrogen) atoms. The van der Waals surface area contributed by atoms with Crippen molar-refractivity contribution in [1.82, 2.24) is 20.4 Å². The Morgan fingerprint density at radius 1 is 1.27 bits per heavy atom. The van der Waals surface area contributed by atoms with Crippen LogP contribution in [0, 0.1) is 19.7 Å². The van der Waals surface area contributed by atoms with Crippen LogP contribution in [0.1, 0.15) is 29.4 Å². The van der Waals surface area contributed by atoms with Gasteiger partial charge in [0, 0.05) is 37.0 Å². The van der Waals surface area contributed by atoms with Crippen molar-refractivity contribution in [3.63, 3.8) is 0 Å². The van der Waals surface area contributed by atoms with Gasteiger partial charge in [0.25, 0.3) is 0 Å². The van der Waals surface area contributed by atoms with Crippen molar-refractivity contribution in [1.29, 1.82) is 0 Å². The molecule has 0 spiro atoms. The Bertz CT molecular complexity index is 742. The summed E-state index contributed by atoms with van der Waals surface area (Å²) >= 11 is 0. The molecule has 0 atom stereocenters. The van der Waals surface area contributed by atoms with E-state index in [4.69, 9.17) is 4.74 Å². The van der Waals surface area contributed by atoms with Gasteiger partial charge in [0.2, 0.25) is 0 Å². The molecular formula is C19H28FN5O. The normalized spacial score (nSPS) is 11.7. The van der Waals surface area contributed by atoms with Gasteiger partial charge in [-0.3, -0.25) is 4.68 Å². The summed E-state index contributed by atoms with van der Waals surface area (Å²) in [4.78, 5) is 4.48. The van der Waals surface area contributed by atoms with Crippen molar-refractivity contribution in [3.05, 3.63) is 52.6 Å². The highest BCUT2D eigenvalue weighted by molar-refractivity contribution is 5.79. The Labute approximate surface area is 154 Å². The first-order valence-corrected chi connectivity index (χ1v) is 8.84. The van der Waals surface area contributed by atoms with Gasteiger partial charge in [0.05, 0.1) is 25.4 Å². The fourth-order valence-corrected chi connectivity index (χ4v) is 2.69. The number of aliphatic imine (C=N–C) groups is 1. The summed E-state index contributed by atoms with van der Waals surface area (Å²) in [6.45, 7) is 9.02. The lowest BCUT2D eigenvalue weighted by molar-refractivity contribution is 0.182. The molecule has 1 aromatic carbocycles. The summed E-state index contributed by atoms with van der Waals surface area (Å²) in [7, 11) is 1.68. The third-order valence-corrected chi connectivity index (χ3v) is 4.18. The smallest absolute Gasteiger partial charge is 0.191 e. The minimum absolute atomic E-state index is 0.238. The number of aromatic nitrogens is 2. The Morgan fingerprint density at radius 2 is 2.04 bits per heavy atom. The number of halogens is 1. The van der Waals surface area contributed by atoms with Crippen LogP contribution >= 0.6 is 0 Å². The molecule has 0 saturated heterocycles. The van der Waals surface area contributed by atoms with Gasteiger partial charge in [0.15, 0.2) is 5.96 Å². The van der Waals surface area contributed by atoms with Crippen LogP contribution in [0.2, 0.25) is 0 Å². The first kappa shape index (κ1) is 19.9. The van der Waals surface area contributed by atoms with E-state index in [-0.39, 0.29) is 12.4 Å². The van der Waals surface area contributed by atoms with Gasteiger partial charge < -0.3 is 15.4 Å². The number of nitrogens with one attached hydrogen (secondary N) is 2. The van der Waals surface area contributed by atoms with Crippen LogP contribution in [0.25, 0.3) is 0 Å². The van der Waals surface area contributed by atoms with E-state index in [9.17, 15) is 4.39 Å². The Balaban J connectivity index is 2.05. The van der Waals surface area contributed by atoms with Crippen molar-refractivity contribution in [2.75, 3.05) is 20.3 Å². The van der Waals surface area contributed by atoms with Gasteiger partial charge in [-0.1, -0.05) is 18.2 Å². The molecular weight excluding hydrogens is 333 g/mol. The van der Waals surface area contributed by atoms with Crippen molar-refractivity contribution in [2.24, 2.45) is 4.99 Å². The molecule has 0 fully saturated rings. The highest BCUT2D eigenvalue weighted by Crippen LogP contribution is 2.13. The highest BCUT2D eigenvalue weighted by atomic mass is 19.1. The Kier molecular flexibility index (Phi) is 7.59. The van der Waals surface area contributed by atoms with Crippen LogP contribution in [0.5, 0.6) is 0 Å². The number of guanidine groups is 1. The van der Waals surface area contributed by atoms with E-state index >= 15 is 0 Å². The molecule has 7 heteroatoms. The highest BCUT2D eigenvalue weighted by Gasteiger charge is 2.12. The van der Waals surface area contributed by atoms with Crippen molar-refractivity contribution < 1.29 is 9.13 Å². The fraction of sp³-hybridized carbons (Fsp3) is 0.474. The maximum Gasteiger partial charge on any atom is 0.191 e. The molecule has 0 aliphatic rings. The van der Waals surface area contributed by atoms with Gasteiger partial charge >= 0.3 is 0 Å². The van der Waals surface area contributed by atoms with E-state index in [1.165, 1.54) is 6.07 Å². The van der Waals surface area contributed by atoms with Crippen LogP contribution in [-0.2, 0) is 24.4 Å². The number of hydrogen-bond donors (Lipinski definition) is 2. The zero-order valence-corrected chi connectivity index (χ0v) is 16.0. The lowest BCUT2D eigenvalue weighted by Crippen LogP contribution is -2.37. The van der Waals surface area contributed by atoms with Crippen LogP contribution in [0.3, 0.4) is 0 Å². The van der Waals surface area contributed by atoms with E-state index in [1.807, 2.05) is 24.6 Å². The third kappa shape index (κ3) is 5.29. The predicted octanol–water partition coefficient (Wildman–Crippen LogP) is 2.54. The largest absolute Gasteiger partial charge is 0.383 e. The van der Waals surface area contributed by atoms with Crippen LogP contribution in [0.15, 0.2) is 29.3 Å². The first-order chi connectivity index (χ1) is 12.6. The van der Waals surface area contributed by atoms with Gasteiger partial charge in [-0.05, 0) is 26.8 Å². The van der Waals surface area contributed by atoms with E-state index in [0.29, 0.717) is 24.7 Å². The number of benzene rings is 1. The van der Waals surface area contributed by atoms with Gasteiger partial charge in [0.1, 0.15) is 5.82 Å². The number of ether oxygens (including phenoxy) is 1. The molecule has 1 aromatic heterocycles. The van der Waals surface area contributed by atoms with Crippen molar-refractivity contribution in [2.45, 2.75) is 40.4 Å². The second-order valence-electron chi connectivity index (χ2n) is 6.01. The fourth-order valence-electron chi connectivity index (χ4n) is 2.69. The molecule has 1 heterocycles. The van der Waals surface area contributed by atoms with Crippen LogP contribution in [0.4, 0.5) is 4.39 Å². The summed E-state index contributed by atoms with van der Waals surface area (Å²) in [5.41, 5.74) is 3.80. The molecule has 142 valence electrons. The predicted molar refractivity (Wildman–Crippen MR) is 102 cm³/mol. The zero-order chi connectivity index (χ0) is 18.9. The Morgan fingerprint density at radius 3 is 2.73 bits per heavy atom. The molecule has 0 saturated carbocycles. The Hall–Kier alpha value is -2.41. The van der Waals surface area contributed by atoms with Crippen LogP contribution < -0.4 is 10.6 Å². The summed E-state index contributed by atoms with van der Waals surface area (Å²) in [6.07, 6.45) is 0. The monoisotopic (exact) mass is 361 g/mol. The van der Waals surface area contributed by atoms with Crippen molar-refractivity contribution in [3.8, 4) is 0 Å². The molecule has 0 aliphatic carbocycles. The lowest BCUT2D eigenvalue weighted by atomic mass is 10.2. The molecule has 0 aliphatic heterocycles. The first-order valence-electron chi connectivity index (χ1n) is 8.84. The number of rotatable bonds is 8. The zero-order valence-electron chi connectivity index (χ0n) is 16.0. The van der Waals surface area contributed by atoms with Crippen LogP contribution in [-0.4, -0.2) is 36.0 Å². The van der Waals surface area contributed by atoms with Gasteiger partial charge in [-0.15, -0.1) is 0 Å². The lowest BCUT2D eigenvalue weighted by Gasteiger charge is -2.12. The quantitative estimate of drug-likeness (QED) is 0.560. The summed E-state index contributed by atoms with van der Waals surface area (Å²) in [5.74, 6) is 0.414. The average molecular weight is 361 g/mol. The molecule has 0 radical (unpaired) electrons.